The summed E-state index contributed by atoms with van der Waals surface area (Å²) >= 11 is 0. The van der Waals surface area contributed by atoms with Gasteiger partial charge in [-0.15, -0.1) is 0 Å². The van der Waals surface area contributed by atoms with Gasteiger partial charge in [-0.05, 0) is 26.2 Å². The van der Waals surface area contributed by atoms with E-state index in [1.165, 1.54) is 0 Å². The van der Waals surface area contributed by atoms with Crippen LogP contribution in [0.5, 0.6) is 0 Å². The summed E-state index contributed by atoms with van der Waals surface area (Å²) in [5, 5.41) is 9.43. The lowest BCUT2D eigenvalue weighted by Gasteiger charge is -2.24. The fourth-order valence-electron chi connectivity index (χ4n) is 2.41. The zero-order chi connectivity index (χ0) is 12.4. The highest BCUT2D eigenvalue weighted by atomic mass is 16.3. The SMILES string of the molecule is CC(O)CC1CCCN1C(=O)c1cn(C)cn1. The van der Waals surface area contributed by atoms with Crippen LogP contribution in [0.2, 0.25) is 0 Å². The highest BCUT2D eigenvalue weighted by molar-refractivity contribution is 5.92. The Bertz CT molecular complexity index is 400. The Morgan fingerprint density at radius 2 is 2.47 bits per heavy atom. The predicted molar refractivity (Wildman–Crippen MR) is 63.6 cm³/mol. The summed E-state index contributed by atoms with van der Waals surface area (Å²) in [6.45, 7) is 2.54. The highest BCUT2D eigenvalue weighted by Gasteiger charge is 2.30. The maximum atomic E-state index is 12.2. The van der Waals surface area contributed by atoms with E-state index in [0.717, 1.165) is 19.4 Å². The molecule has 0 aliphatic carbocycles. The number of hydrogen-bond donors (Lipinski definition) is 1. The van der Waals surface area contributed by atoms with Gasteiger partial charge in [-0.3, -0.25) is 4.79 Å². The van der Waals surface area contributed by atoms with E-state index in [-0.39, 0.29) is 18.1 Å². The van der Waals surface area contributed by atoms with Crippen LogP contribution in [0.3, 0.4) is 0 Å². The van der Waals surface area contributed by atoms with E-state index >= 15 is 0 Å². The zero-order valence-corrected chi connectivity index (χ0v) is 10.3. The monoisotopic (exact) mass is 237 g/mol. The minimum Gasteiger partial charge on any atom is -0.393 e. The normalized spacial score (nSPS) is 21.8. The third kappa shape index (κ3) is 2.66. The number of hydrogen-bond acceptors (Lipinski definition) is 3. The molecule has 0 radical (unpaired) electrons. The van der Waals surface area contributed by atoms with Crippen LogP contribution in [0, 0.1) is 0 Å². The molecule has 0 aromatic carbocycles. The molecule has 0 spiro atoms. The Hall–Kier alpha value is -1.36. The summed E-state index contributed by atoms with van der Waals surface area (Å²) in [5.41, 5.74) is 0.491. The van der Waals surface area contributed by atoms with Crippen LogP contribution in [-0.4, -0.2) is 44.2 Å². The van der Waals surface area contributed by atoms with Gasteiger partial charge in [0.25, 0.3) is 5.91 Å². The van der Waals surface area contributed by atoms with Gasteiger partial charge in [0.2, 0.25) is 0 Å². The lowest BCUT2D eigenvalue weighted by atomic mass is 10.1. The Kier molecular flexibility index (Phi) is 3.47. The molecule has 1 aromatic heterocycles. The van der Waals surface area contributed by atoms with Gasteiger partial charge in [0, 0.05) is 25.8 Å². The number of aromatic nitrogens is 2. The minimum absolute atomic E-state index is 0.0197. The molecule has 1 fully saturated rings. The average Bonchev–Trinajstić information content (AvgIpc) is 2.85. The van der Waals surface area contributed by atoms with E-state index in [9.17, 15) is 9.90 Å². The number of aliphatic hydroxyl groups excluding tert-OH is 1. The lowest BCUT2D eigenvalue weighted by Crippen LogP contribution is -2.37. The summed E-state index contributed by atoms with van der Waals surface area (Å²) in [7, 11) is 1.85. The molecular formula is C12H19N3O2. The molecule has 5 heteroatoms. The van der Waals surface area contributed by atoms with Crippen molar-refractivity contribution < 1.29 is 9.90 Å². The van der Waals surface area contributed by atoms with Crippen molar-refractivity contribution in [2.75, 3.05) is 6.54 Å². The average molecular weight is 237 g/mol. The molecule has 2 heterocycles. The summed E-state index contributed by atoms with van der Waals surface area (Å²) in [6.07, 6.45) is 5.64. The van der Waals surface area contributed by atoms with Crippen molar-refractivity contribution in [3.63, 3.8) is 0 Å². The van der Waals surface area contributed by atoms with Crippen LogP contribution in [0.25, 0.3) is 0 Å². The molecule has 1 aliphatic heterocycles. The molecule has 2 atom stereocenters. The first kappa shape index (κ1) is 12.1. The third-order valence-corrected chi connectivity index (χ3v) is 3.18. The second kappa shape index (κ2) is 4.87. The second-order valence-corrected chi connectivity index (χ2v) is 4.80. The number of carbonyl (C=O) groups excluding carboxylic acids is 1. The van der Waals surface area contributed by atoms with Crippen LogP contribution >= 0.6 is 0 Å². The van der Waals surface area contributed by atoms with Gasteiger partial charge in [-0.25, -0.2) is 4.98 Å². The maximum Gasteiger partial charge on any atom is 0.274 e. The summed E-state index contributed by atoms with van der Waals surface area (Å²) < 4.78 is 1.77. The number of rotatable bonds is 3. The van der Waals surface area contributed by atoms with Crippen molar-refractivity contribution in [2.24, 2.45) is 7.05 Å². The summed E-state index contributed by atoms with van der Waals surface area (Å²) in [5.74, 6) is -0.0197. The van der Waals surface area contributed by atoms with Gasteiger partial charge in [0.05, 0.1) is 12.4 Å². The molecule has 1 aliphatic rings. The molecule has 1 aromatic rings. The maximum absolute atomic E-state index is 12.2. The Morgan fingerprint density at radius 3 is 3.06 bits per heavy atom. The topological polar surface area (TPSA) is 58.4 Å². The lowest BCUT2D eigenvalue weighted by molar-refractivity contribution is 0.0676. The van der Waals surface area contributed by atoms with Crippen molar-refractivity contribution in [2.45, 2.75) is 38.3 Å². The van der Waals surface area contributed by atoms with E-state index < -0.39 is 0 Å². The molecule has 1 N–H and O–H groups in total. The van der Waals surface area contributed by atoms with E-state index in [2.05, 4.69) is 4.98 Å². The number of likely N-dealkylation sites (tertiary alicyclic amines) is 1. The minimum atomic E-state index is -0.364. The fraction of sp³-hybridized carbons (Fsp3) is 0.667. The largest absolute Gasteiger partial charge is 0.393 e. The smallest absolute Gasteiger partial charge is 0.274 e. The van der Waals surface area contributed by atoms with Crippen LogP contribution in [0.15, 0.2) is 12.5 Å². The number of nitrogens with zero attached hydrogens (tertiary/aromatic N) is 3. The van der Waals surface area contributed by atoms with E-state index in [1.807, 2.05) is 11.9 Å². The molecule has 1 saturated heterocycles. The first-order valence-electron chi connectivity index (χ1n) is 6.05. The molecule has 5 nitrogen and oxygen atoms in total. The van der Waals surface area contributed by atoms with Gasteiger partial charge < -0.3 is 14.6 Å². The highest BCUT2D eigenvalue weighted by Crippen LogP contribution is 2.23. The van der Waals surface area contributed by atoms with Crippen LogP contribution < -0.4 is 0 Å². The van der Waals surface area contributed by atoms with Gasteiger partial charge >= 0.3 is 0 Å². The first-order valence-corrected chi connectivity index (χ1v) is 6.05. The van der Waals surface area contributed by atoms with Gasteiger partial charge in [-0.2, -0.15) is 0 Å². The van der Waals surface area contributed by atoms with Crippen LogP contribution in [0.1, 0.15) is 36.7 Å². The van der Waals surface area contributed by atoms with Gasteiger partial charge in [0.1, 0.15) is 5.69 Å². The van der Waals surface area contributed by atoms with Crippen LogP contribution in [-0.2, 0) is 7.05 Å². The first-order chi connectivity index (χ1) is 8.08. The second-order valence-electron chi connectivity index (χ2n) is 4.80. The molecule has 0 bridgehead atoms. The molecular weight excluding hydrogens is 218 g/mol. The molecule has 2 unspecified atom stereocenters. The van der Waals surface area contributed by atoms with Crippen molar-refractivity contribution >= 4 is 5.91 Å². The van der Waals surface area contributed by atoms with Crippen molar-refractivity contribution in [1.82, 2.24) is 14.5 Å². The predicted octanol–water partition coefficient (Wildman–Crippen LogP) is 0.796. The van der Waals surface area contributed by atoms with Crippen molar-refractivity contribution in [3.05, 3.63) is 18.2 Å². The number of carbonyl (C=O) groups is 1. The number of amides is 1. The third-order valence-electron chi connectivity index (χ3n) is 3.18. The fourth-order valence-corrected chi connectivity index (χ4v) is 2.41. The Balaban J connectivity index is 2.08. The van der Waals surface area contributed by atoms with Crippen molar-refractivity contribution in [1.29, 1.82) is 0 Å². The summed E-state index contributed by atoms with van der Waals surface area (Å²) in [6, 6.07) is 0.157. The van der Waals surface area contributed by atoms with Gasteiger partial charge in [0.15, 0.2) is 0 Å². The number of aliphatic hydroxyl groups is 1. The molecule has 1 amide bonds. The van der Waals surface area contributed by atoms with Crippen molar-refractivity contribution in [3.8, 4) is 0 Å². The van der Waals surface area contributed by atoms with Gasteiger partial charge in [-0.1, -0.05) is 0 Å². The Labute approximate surface area is 101 Å². The zero-order valence-electron chi connectivity index (χ0n) is 10.3. The molecule has 2 rings (SSSR count). The van der Waals surface area contributed by atoms with E-state index in [4.69, 9.17) is 0 Å². The molecule has 0 saturated carbocycles. The van der Waals surface area contributed by atoms with E-state index in [0.29, 0.717) is 12.1 Å². The standard InChI is InChI=1S/C12H19N3O2/c1-9(16)6-10-4-3-5-15(10)12(17)11-7-14(2)8-13-11/h7-10,16H,3-6H2,1-2H3. The number of imidazole rings is 1. The van der Waals surface area contributed by atoms with E-state index in [1.54, 1.807) is 24.0 Å². The summed E-state index contributed by atoms with van der Waals surface area (Å²) in [4.78, 5) is 18.1. The van der Waals surface area contributed by atoms with Crippen LogP contribution in [0.4, 0.5) is 0 Å². The quantitative estimate of drug-likeness (QED) is 0.845. The molecule has 17 heavy (non-hydrogen) atoms. The number of aryl methyl sites for hydroxylation is 1. The molecule has 94 valence electrons. The Morgan fingerprint density at radius 1 is 1.71 bits per heavy atom.